The van der Waals surface area contributed by atoms with Gasteiger partial charge in [0.2, 0.25) is 5.91 Å². The van der Waals surface area contributed by atoms with Crippen LogP contribution in [0.1, 0.15) is 64.0 Å². The van der Waals surface area contributed by atoms with E-state index in [0.717, 1.165) is 23.3 Å². The molecule has 1 aromatic carbocycles. The third kappa shape index (κ3) is 5.21. The third-order valence-electron chi connectivity index (χ3n) is 4.57. The standard InChI is InChI=1S/C20H30N2O3/c1-13(2)16-8-6-14(3)12-17(16)25-20(4,5)19(24)22-15-7-9-18(23)21-11-10-15/h6,8,12-13,15H,7,9-11H2,1-5H3,(H,21,23)(H,22,24). The predicted octanol–water partition coefficient (Wildman–Crippen LogP) is 3.06. The molecule has 1 atom stereocenters. The molecular weight excluding hydrogens is 316 g/mol. The Hall–Kier alpha value is -2.04. The number of ether oxygens (including phenoxy) is 1. The second-order valence-electron chi connectivity index (χ2n) is 7.66. The molecule has 0 radical (unpaired) electrons. The number of benzene rings is 1. The Morgan fingerprint density at radius 3 is 2.72 bits per heavy atom. The first-order valence-electron chi connectivity index (χ1n) is 9.06. The van der Waals surface area contributed by atoms with Gasteiger partial charge in [0.05, 0.1) is 0 Å². The first-order chi connectivity index (χ1) is 11.7. The molecule has 2 N–H and O–H groups in total. The van der Waals surface area contributed by atoms with Gasteiger partial charge in [0, 0.05) is 19.0 Å². The molecule has 1 heterocycles. The molecule has 1 aliphatic rings. The average molecular weight is 346 g/mol. The van der Waals surface area contributed by atoms with Crippen molar-refractivity contribution in [1.82, 2.24) is 10.6 Å². The van der Waals surface area contributed by atoms with Gasteiger partial charge in [-0.3, -0.25) is 9.59 Å². The van der Waals surface area contributed by atoms with E-state index in [1.807, 2.05) is 13.0 Å². The van der Waals surface area contributed by atoms with E-state index in [2.05, 4.69) is 36.6 Å². The normalized spacial score (nSPS) is 18.5. The van der Waals surface area contributed by atoms with Gasteiger partial charge >= 0.3 is 0 Å². The maximum Gasteiger partial charge on any atom is 0.263 e. The highest BCUT2D eigenvalue weighted by molar-refractivity contribution is 5.85. The zero-order valence-corrected chi connectivity index (χ0v) is 15.9. The van der Waals surface area contributed by atoms with Gasteiger partial charge in [-0.25, -0.2) is 0 Å². The highest BCUT2D eigenvalue weighted by atomic mass is 16.5. The molecule has 1 aromatic rings. The van der Waals surface area contributed by atoms with Crippen LogP contribution >= 0.6 is 0 Å². The molecule has 1 aliphatic heterocycles. The van der Waals surface area contributed by atoms with E-state index in [1.54, 1.807) is 13.8 Å². The fraction of sp³-hybridized carbons (Fsp3) is 0.600. The molecule has 1 saturated heterocycles. The van der Waals surface area contributed by atoms with Gasteiger partial charge in [0.15, 0.2) is 5.60 Å². The summed E-state index contributed by atoms with van der Waals surface area (Å²) in [5, 5.41) is 5.88. The van der Waals surface area contributed by atoms with Crippen molar-refractivity contribution in [1.29, 1.82) is 0 Å². The topological polar surface area (TPSA) is 67.4 Å². The van der Waals surface area contributed by atoms with E-state index in [9.17, 15) is 9.59 Å². The number of carbonyl (C=O) groups excluding carboxylic acids is 2. The zero-order valence-electron chi connectivity index (χ0n) is 15.9. The van der Waals surface area contributed by atoms with Crippen molar-refractivity contribution < 1.29 is 14.3 Å². The Balaban J connectivity index is 2.09. The number of amides is 2. The number of nitrogens with one attached hydrogen (secondary N) is 2. The van der Waals surface area contributed by atoms with Crippen molar-refractivity contribution in [2.24, 2.45) is 0 Å². The first-order valence-corrected chi connectivity index (χ1v) is 9.06. The third-order valence-corrected chi connectivity index (χ3v) is 4.57. The quantitative estimate of drug-likeness (QED) is 0.861. The smallest absolute Gasteiger partial charge is 0.263 e. The average Bonchev–Trinajstić information content (AvgIpc) is 2.71. The minimum atomic E-state index is -0.985. The van der Waals surface area contributed by atoms with Crippen LogP contribution in [-0.4, -0.2) is 30.0 Å². The molecular formula is C20H30N2O3. The number of hydrogen-bond donors (Lipinski definition) is 2. The van der Waals surface area contributed by atoms with E-state index in [-0.39, 0.29) is 17.9 Å². The summed E-state index contributed by atoms with van der Waals surface area (Å²) < 4.78 is 6.14. The van der Waals surface area contributed by atoms with Crippen LogP contribution in [-0.2, 0) is 9.59 Å². The van der Waals surface area contributed by atoms with Gasteiger partial charge in [-0.15, -0.1) is 0 Å². The molecule has 0 saturated carbocycles. The molecule has 1 unspecified atom stereocenters. The Bertz CT molecular complexity index is 638. The van der Waals surface area contributed by atoms with Gasteiger partial charge in [-0.2, -0.15) is 0 Å². The molecule has 2 amide bonds. The number of hydrogen-bond acceptors (Lipinski definition) is 3. The van der Waals surface area contributed by atoms with Crippen molar-refractivity contribution in [3.63, 3.8) is 0 Å². The van der Waals surface area contributed by atoms with E-state index >= 15 is 0 Å². The molecule has 25 heavy (non-hydrogen) atoms. The van der Waals surface area contributed by atoms with Crippen LogP contribution in [0.4, 0.5) is 0 Å². The van der Waals surface area contributed by atoms with E-state index in [1.165, 1.54) is 0 Å². The predicted molar refractivity (Wildman–Crippen MR) is 98.8 cm³/mol. The van der Waals surface area contributed by atoms with Crippen LogP contribution < -0.4 is 15.4 Å². The van der Waals surface area contributed by atoms with E-state index in [4.69, 9.17) is 4.74 Å². The lowest BCUT2D eigenvalue weighted by molar-refractivity contribution is -0.135. The van der Waals surface area contributed by atoms with Crippen molar-refractivity contribution >= 4 is 11.8 Å². The minimum Gasteiger partial charge on any atom is -0.478 e. The zero-order chi connectivity index (χ0) is 18.6. The molecule has 0 bridgehead atoms. The van der Waals surface area contributed by atoms with Crippen molar-refractivity contribution in [2.45, 2.75) is 71.4 Å². The van der Waals surface area contributed by atoms with Gasteiger partial charge in [0.25, 0.3) is 5.91 Å². The van der Waals surface area contributed by atoms with Gasteiger partial charge in [-0.05, 0) is 56.7 Å². The Morgan fingerprint density at radius 1 is 1.32 bits per heavy atom. The Morgan fingerprint density at radius 2 is 2.04 bits per heavy atom. The SMILES string of the molecule is Cc1ccc(C(C)C)c(OC(C)(C)C(=O)NC2CCNC(=O)CC2)c1. The molecule has 0 aliphatic carbocycles. The molecule has 5 nitrogen and oxygen atoms in total. The summed E-state index contributed by atoms with van der Waals surface area (Å²) in [7, 11) is 0. The fourth-order valence-electron chi connectivity index (χ4n) is 2.96. The number of aryl methyl sites for hydroxylation is 1. The Labute approximate surface area is 150 Å². The minimum absolute atomic E-state index is 0.00333. The maximum absolute atomic E-state index is 12.8. The van der Waals surface area contributed by atoms with Gasteiger partial charge < -0.3 is 15.4 Å². The van der Waals surface area contributed by atoms with Crippen LogP contribution in [0.25, 0.3) is 0 Å². The van der Waals surface area contributed by atoms with Crippen LogP contribution in [0.15, 0.2) is 18.2 Å². The summed E-state index contributed by atoms with van der Waals surface area (Å²) in [5.74, 6) is 0.970. The lowest BCUT2D eigenvalue weighted by atomic mass is 9.99. The second-order valence-corrected chi connectivity index (χ2v) is 7.66. The van der Waals surface area contributed by atoms with Gasteiger partial charge in [-0.1, -0.05) is 26.0 Å². The van der Waals surface area contributed by atoms with Crippen molar-refractivity contribution in [2.75, 3.05) is 6.54 Å². The first kappa shape index (κ1) is 19.3. The number of carbonyl (C=O) groups is 2. The van der Waals surface area contributed by atoms with E-state index < -0.39 is 5.60 Å². The highest BCUT2D eigenvalue weighted by Crippen LogP contribution is 2.30. The van der Waals surface area contributed by atoms with Crippen LogP contribution in [0.2, 0.25) is 0 Å². The van der Waals surface area contributed by atoms with Crippen molar-refractivity contribution in [3.05, 3.63) is 29.3 Å². The summed E-state index contributed by atoms with van der Waals surface area (Å²) >= 11 is 0. The summed E-state index contributed by atoms with van der Waals surface area (Å²) in [6.07, 6.45) is 1.85. The molecule has 138 valence electrons. The largest absolute Gasteiger partial charge is 0.478 e. The van der Waals surface area contributed by atoms with Crippen molar-refractivity contribution in [3.8, 4) is 5.75 Å². The molecule has 5 heteroatoms. The summed E-state index contributed by atoms with van der Waals surface area (Å²) in [5.41, 5.74) is 1.21. The monoisotopic (exact) mass is 346 g/mol. The lowest BCUT2D eigenvalue weighted by Gasteiger charge is -2.29. The summed E-state index contributed by atoms with van der Waals surface area (Å²) in [4.78, 5) is 24.2. The Kier molecular flexibility index (Phi) is 6.09. The maximum atomic E-state index is 12.8. The summed E-state index contributed by atoms with van der Waals surface area (Å²) in [6.45, 7) is 10.4. The molecule has 0 aromatic heterocycles. The molecule has 1 fully saturated rings. The number of rotatable bonds is 5. The molecule has 0 spiro atoms. The fourth-order valence-corrected chi connectivity index (χ4v) is 2.96. The summed E-state index contributed by atoms with van der Waals surface area (Å²) in [6, 6.07) is 6.10. The lowest BCUT2D eigenvalue weighted by Crippen LogP contribution is -2.50. The van der Waals surface area contributed by atoms with Crippen LogP contribution in [0.5, 0.6) is 5.75 Å². The second kappa shape index (κ2) is 7.89. The highest BCUT2D eigenvalue weighted by Gasteiger charge is 2.33. The molecule has 2 rings (SSSR count). The van der Waals surface area contributed by atoms with Crippen LogP contribution in [0, 0.1) is 6.92 Å². The van der Waals surface area contributed by atoms with E-state index in [0.29, 0.717) is 25.3 Å². The van der Waals surface area contributed by atoms with Gasteiger partial charge in [0.1, 0.15) is 5.75 Å². The van der Waals surface area contributed by atoms with Crippen LogP contribution in [0.3, 0.4) is 0 Å².